The lowest BCUT2D eigenvalue weighted by Crippen LogP contribution is -2.43. The lowest BCUT2D eigenvalue weighted by Gasteiger charge is -2.31. The van der Waals surface area contributed by atoms with Gasteiger partial charge in [-0.05, 0) is 37.9 Å². The summed E-state index contributed by atoms with van der Waals surface area (Å²) in [4.78, 5) is 17.6. The SMILES string of the molecule is CC1CCN(CC(O)CNC(=O)c2cncc(F)c2)CC1. The lowest BCUT2D eigenvalue weighted by atomic mass is 9.99. The van der Waals surface area contributed by atoms with E-state index in [1.165, 1.54) is 6.20 Å². The molecule has 0 aromatic carbocycles. The fourth-order valence-electron chi connectivity index (χ4n) is 2.46. The number of likely N-dealkylation sites (tertiary alicyclic amines) is 1. The van der Waals surface area contributed by atoms with Crippen molar-refractivity contribution in [2.75, 3.05) is 26.2 Å². The van der Waals surface area contributed by atoms with Gasteiger partial charge in [0.2, 0.25) is 0 Å². The van der Waals surface area contributed by atoms with Gasteiger partial charge in [-0.3, -0.25) is 9.78 Å². The predicted octanol–water partition coefficient (Wildman–Crippen LogP) is 1.04. The molecule has 0 bridgehead atoms. The predicted molar refractivity (Wildman–Crippen MR) is 77.4 cm³/mol. The highest BCUT2D eigenvalue weighted by molar-refractivity contribution is 5.93. The monoisotopic (exact) mass is 295 g/mol. The number of carbonyl (C=O) groups is 1. The van der Waals surface area contributed by atoms with Gasteiger partial charge in [-0.25, -0.2) is 4.39 Å². The van der Waals surface area contributed by atoms with Crippen molar-refractivity contribution in [1.29, 1.82) is 0 Å². The van der Waals surface area contributed by atoms with Crippen LogP contribution in [0.5, 0.6) is 0 Å². The molecule has 1 aliphatic rings. The van der Waals surface area contributed by atoms with E-state index in [9.17, 15) is 14.3 Å². The van der Waals surface area contributed by atoms with Crippen molar-refractivity contribution in [3.05, 3.63) is 29.8 Å². The second-order valence-electron chi connectivity index (χ2n) is 5.74. The summed E-state index contributed by atoms with van der Waals surface area (Å²) in [6, 6.07) is 1.13. The summed E-state index contributed by atoms with van der Waals surface area (Å²) < 4.78 is 13.0. The first-order valence-corrected chi connectivity index (χ1v) is 7.33. The maximum absolute atomic E-state index is 13.0. The molecule has 1 aliphatic heterocycles. The van der Waals surface area contributed by atoms with Gasteiger partial charge >= 0.3 is 0 Å². The van der Waals surface area contributed by atoms with E-state index in [1.807, 2.05) is 0 Å². The first-order chi connectivity index (χ1) is 10.0. The highest BCUT2D eigenvalue weighted by Crippen LogP contribution is 2.15. The normalized spacial score (nSPS) is 18.4. The Hall–Kier alpha value is -1.53. The molecule has 0 saturated carbocycles. The number of carbonyl (C=O) groups excluding carboxylic acids is 1. The summed E-state index contributed by atoms with van der Waals surface area (Å²) >= 11 is 0. The molecule has 1 unspecified atom stereocenters. The number of hydrogen-bond donors (Lipinski definition) is 2. The molecule has 1 amide bonds. The minimum absolute atomic E-state index is 0.154. The Morgan fingerprint density at radius 2 is 2.24 bits per heavy atom. The molecule has 6 heteroatoms. The summed E-state index contributed by atoms with van der Waals surface area (Å²) in [6.07, 6.45) is 4.02. The second kappa shape index (κ2) is 7.47. The molecule has 2 heterocycles. The molecule has 1 aromatic rings. The lowest BCUT2D eigenvalue weighted by molar-refractivity contribution is 0.0795. The average Bonchev–Trinajstić information content (AvgIpc) is 2.47. The molecule has 0 aliphatic carbocycles. The fraction of sp³-hybridized carbons (Fsp3) is 0.600. The molecule has 2 N–H and O–H groups in total. The van der Waals surface area contributed by atoms with Crippen molar-refractivity contribution in [3.8, 4) is 0 Å². The largest absolute Gasteiger partial charge is 0.390 e. The summed E-state index contributed by atoms with van der Waals surface area (Å²) in [6.45, 7) is 4.91. The van der Waals surface area contributed by atoms with Crippen LogP contribution < -0.4 is 5.32 Å². The summed E-state index contributed by atoms with van der Waals surface area (Å²) in [5.74, 6) is -0.225. The van der Waals surface area contributed by atoms with E-state index in [0.29, 0.717) is 6.54 Å². The van der Waals surface area contributed by atoms with Crippen LogP contribution in [0.15, 0.2) is 18.5 Å². The molecular weight excluding hydrogens is 273 g/mol. The number of nitrogens with one attached hydrogen (secondary N) is 1. The molecule has 1 aromatic heterocycles. The highest BCUT2D eigenvalue weighted by atomic mass is 19.1. The van der Waals surface area contributed by atoms with Crippen molar-refractivity contribution < 1.29 is 14.3 Å². The first kappa shape index (κ1) is 15.9. The van der Waals surface area contributed by atoms with Crippen LogP contribution in [0.3, 0.4) is 0 Å². The molecule has 1 fully saturated rings. The van der Waals surface area contributed by atoms with Crippen molar-refractivity contribution in [2.45, 2.75) is 25.9 Å². The van der Waals surface area contributed by atoms with Gasteiger partial charge in [-0.1, -0.05) is 6.92 Å². The van der Waals surface area contributed by atoms with Gasteiger partial charge in [0.25, 0.3) is 5.91 Å². The average molecular weight is 295 g/mol. The number of nitrogens with zero attached hydrogens (tertiary/aromatic N) is 2. The molecule has 2 rings (SSSR count). The van der Waals surface area contributed by atoms with E-state index in [4.69, 9.17) is 0 Å². The number of hydrogen-bond acceptors (Lipinski definition) is 4. The molecule has 0 spiro atoms. The van der Waals surface area contributed by atoms with Gasteiger partial charge in [-0.15, -0.1) is 0 Å². The fourth-order valence-corrected chi connectivity index (χ4v) is 2.46. The summed E-state index contributed by atoms with van der Waals surface area (Å²) in [7, 11) is 0. The Kier molecular flexibility index (Phi) is 5.64. The van der Waals surface area contributed by atoms with Crippen molar-refractivity contribution >= 4 is 5.91 Å². The number of aliphatic hydroxyl groups excluding tert-OH is 1. The number of aliphatic hydroxyl groups is 1. The Labute approximate surface area is 124 Å². The quantitative estimate of drug-likeness (QED) is 0.852. The van der Waals surface area contributed by atoms with Crippen LogP contribution in [-0.4, -0.2) is 53.2 Å². The molecule has 5 nitrogen and oxygen atoms in total. The summed E-state index contributed by atoms with van der Waals surface area (Å²) in [5.41, 5.74) is 0.161. The van der Waals surface area contributed by atoms with Crippen LogP contribution in [0.25, 0.3) is 0 Å². The highest BCUT2D eigenvalue weighted by Gasteiger charge is 2.18. The minimum atomic E-state index is -0.621. The molecule has 116 valence electrons. The topological polar surface area (TPSA) is 65.5 Å². The Bertz CT molecular complexity index is 476. The van der Waals surface area contributed by atoms with E-state index in [1.54, 1.807) is 0 Å². The number of piperidine rings is 1. The second-order valence-corrected chi connectivity index (χ2v) is 5.74. The number of aromatic nitrogens is 1. The van der Waals surface area contributed by atoms with Crippen LogP contribution in [0.1, 0.15) is 30.1 Å². The maximum Gasteiger partial charge on any atom is 0.253 e. The van der Waals surface area contributed by atoms with Gasteiger partial charge in [0.05, 0.1) is 17.9 Å². The van der Waals surface area contributed by atoms with E-state index in [-0.39, 0.29) is 12.1 Å². The Balaban J connectivity index is 1.73. The van der Waals surface area contributed by atoms with E-state index >= 15 is 0 Å². The van der Waals surface area contributed by atoms with Crippen LogP contribution >= 0.6 is 0 Å². The Morgan fingerprint density at radius 1 is 1.52 bits per heavy atom. The van der Waals surface area contributed by atoms with Crippen LogP contribution in [0.2, 0.25) is 0 Å². The van der Waals surface area contributed by atoms with Gasteiger partial charge in [0.15, 0.2) is 0 Å². The number of β-amino-alcohol motifs (C(OH)–C–C–N with tert-alkyl or cyclic N) is 1. The minimum Gasteiger partial charge on any atom is -0.390 e. The smallest absolute Gasteiger partial charge is 0.253 e. The van der Waals surface area contributed by atoms with Gasteiger partial charge in [0.1, 0.15) is 5.82 Å². The van der Waals surface area contributed by atoms with Crippen molar-refractivity contribution in [3.63, 3.8) is 0 Å². The van der Waals surface area contributed by atoms with Crippen LogP contribution in [0, 0.1) is 11.7 Å². The standard InChI is InChI=1S/C15H22FN3O2/c1-11-2-4-19(5-3-11)10-14(20)9-18-15(21)12-6-13(16)8-17-7-12/h6-8,11,14,20H,2-5,9-10H2,1H3,(H,18,21). The van der Waals surface area contributed by atoms with E-state index in [0.717, 1.165) is 44.1 Å². The maximum atomic E-state index is 13.0. The molecule has 0 radical (unpaired) electrons. The summed E-state index contributed by atoms with van der Waals surface area (Å²) in [5, 5.41) is 12.6. The van der Waals surface area contributed by atoms with Crippen molar-refractivity contribution in [1.82, 2.24) is 15.2 Å². The van der Waals surface area contributed by atoms with Gasteiger partial charge in [0, 0.05) is 19.3 Å². The third kappa shape index (κ3) is 5.06. The van der Waals surface area contributed by atoms with Gasteiger partial charge in [-0.2, -0.15) is 0 Å². The van der Waals surface area contributed by atoms with Crippen molar-refractivity contribution in [2.24, 2.45) is 5.92 Å². The molecule has 1 saturated heterocycles. The zero-order chi connectivity index (χ0) is 15.2. The molecule has 1 atom stereocenters. The first-order valence-electron chi connectivity index (χ1n) is 7.33. The molecular formula is C15H22FN3O2. The van der Waals surface area contributed by atoms with Gasteiger partial charge < -0.3 is 15.3 Å². The van der Waals surface area contributed by atoms with Crippen LogP contribution in [0.4, 0.5) is 4.39 Å². The molecule has 21 heavy (non-hydrogen) atoms. The van der Waals surface area contributed by atoms with E-state index in [2.05, 4.69) is 22.1 Å². The Morgan fingerprint density at radius 3 is 2.90 bits per heavy atom. The van der Waals surface area contributed by atoms with E-state index < -0.39 is 17.8 Å². The third-order valence-electron chi connectivity index (χ3n) is 3.81. The number of halogens is 1. The number of pyridine rings is 1. The zero-order valence-electron chi connectivity index (χ0n) is 12.3. The third-order valence-corrected chi connectivity index (χ3v) is 3.81. The number of rotatable bonds is 5. The van der Waals surface area contributed by atoms with Crippen LogP contribution in [-0.2, 0) is 0 Å². The zero-order valence-corrected chi connectivity index (χ0v) is 12.3. The number of amides is 1.